The molecule has 4 rings (SSSR count). The maximum atomic E-state index is 13.5. The zero-order chi connectivity index (χ0) is 22.0. The van der Waals surface area contributed by atoms with Crippen LogP contribution >= 0.6 is 0 Å². The van der Waals surface area contributed by atoms with E-state index in [0.29, 0.717) is 29.2 Å². The summed E-state index contributed by atoms with van der Waals surface area (Å²) in [5.74, 6) is -1.23. The summed E-state index contributed by atoms with van der Waals surface area (Å²) in [4.78, 5) is 27.1. The Morgan fingerprint density at radius 1 is 1.10 bits per heavy atom. The molecule has 158 valence electrons. The second kappa shape index (κ2) is 8.47. The number of aliphatic hydroxyl groups is 1. The number of halogens is 1. The van der Waals surface area contributed by atoms with Crippen LogP contribution in [0.15, 0.2) is 76.9 Å². The molecule has 0 saturated carbocycles. The number of amides is 1. The molecule has 2 heterocycles. The molecule has 31 heavy (non-hydrogen) atoms. The number of Topliss-reactive ketones (excluding diaryl/α,β-unsaturated/α-hetero) is 1. The van der Waals surface area contributed by atoms with Crippen LogP contribution in [0.2, 0.25) is 0 Å². The zero-order valence-corrected chi connectivity index (χ0v) is 16.7. The average Bonchev–Trinajstić information content (AvgIpc) is 3.37. The molecule has 7 heteroatoms. The van der Waals surface area contributed by atoms with Crippen molar-refractivity contribution < 1.29 is 28.2 Å². The standard InChI is InChI=1S/C24H20FNO5/c1-2-30-18-11-7-16(8-12-18)22(27)20-21(15-5-9-17(25)10-6-15)26(24(29)23(20)28)14-19-4-3-13-31-19/h3-13,21,27H,2,14H2,1H3. The predicted octanol–water partition coefficient (Wildman–Crippen LogP) is 4.44. The average molecular weight is 421 g/mol. The van der Waals surface area contributed by atoms with Gasteiger partial charge in [-0.1, -0.05) is 12.1 Å². The van der Waals surface area contributed by atoms with E-state index in [1.54, 1.807) is 36.4 Å². The van der Waals surface area contributed by atoms with E-state index in [9.17, 15) is 19.1 Å². The van der Waals surface area contributed by atoms with Crippen molar-refractivity contribution in [3.63, 3.8) is 0 Å². The Morgan fingerprint density at radius 3 is 2.42 bits per heavy atom. The van der Waals surface area contributed by atoms with Gasteiger partial charge in [0.25, 0.3) is 11.7 Å². The lowest BCUT2D eigenvalue weighted by atomic mass is 9.95. The molecule has 0 radical (unpaired) electrons. The van der Waals surface area contributed by atoms with Crippen molar-refractivity contribution in [2.24, 2.45) is 0 Å². The summed E-state index contributed by atoms with van der Waals surface area (Å²) < 4.78 is 24.3. The number of benzene rings is 2. The van der Waals surface area contributed by atoms with Gasteiger partial charge in [-0.05, 0) is 61.0 Å². The molecule has 0 bridgehead atoms. The number of carbonyl (C=O) groups excluding carboxylic acids is 2. The highest BCUT2D eigenvalue weighted by Gasteiger charge is 2.46. The van der Waals surface area contributed by atoms with E-state index in [0.717, 1.165) is 0 Å². The van der Waals surface area contributed by atoms with E-state index in [1.807, 2.05) is 6.92 Å². The minimum Gasteiger partial charge on any atom is -0.507 e. The van der Waals surface area contributed by atoms with Gasteiger partial charge in [0, 0.05) is 5.56 Å². The molecule has 1 aliphatic rings. The number of furan rings is 1. The third kappa shape index (κ3) is 3.94. The van der Waals surface area contributed by atoms with E-state index >= 15 is 0 Å². The van der Waals surface area contributed by atoms with Crippen molar-refractivity contribution in [3.8, 4) is 5.75 Å². The molecule has 2 aromatic carbocycles. The molecule has 1 unspecified atom stereocenters. The monoisotopic (exact) mass is 421 g/mol. The molecule has 1 N–H and O–H groups in total. The second-order valence-corrected chi connectivity index (χ2v) is 7.02. The van der Waals surface area contributed by atoms with Gasteiger partial charge in [0.1, 0.15) is 23.1 Å². The number of carbonyl (C=O) groups is 2. The molecule has 0 spiro atoms. The van der Waals surface area contributed by atoms with Crippen LogP contribution < -0.4 is 4.74 Å². The van der Waals surface area contributed by atoms with Crippen LogP contribution in [0.3, 0.4) is 0 Å². The summed E-state index contributed by atoms with van der Waals surface area (Å²) in [6.07, 6.45) is 1.47. The number of ketones is 1. The van der Waals surface area contributed by atoms with Crippen LogP contribution in [0.5, 0.6) is 5.75 Å². The highest BCUT2D eigenvalue weighted by Crippen LogP contribution is 2.40. The van der Waals surface area contributed by atoms with Gasteiger partial charge in [0.2, 0.25) is 0 Å². The van der Waals surface area contributed by atoms with Crippen molar-refractivity contribution in [1.29, 1.82) is 0 Å². The molecule has 1 aliphatic heterocycles. The Morgan fingerprint density at radius 2 is 1.81 bits per heavy atom. The molecule has 1 atom stereocenters. The highest BCUT2D eigenvalue weighted by atomic mass is 19.1. The lowest BCUT2D eigenvalue weighted by Gasteiger charge is -2.24. The van der Waals surface area contributed by atoms with Crippen LogP contribution in [-0.2, 0) is 16.1 Å². The second-order valence-electron chi connectivity index (χ2n) is 7.02. The summed E-state index contributed by atoms with van der Waals surface area (Å²) in [5, 5.41) is 11.0. The maximum Gasteiger partial charge on any atom is 0.296 e. The molecule has 3 aromatic rings. The number of nitrogens with zero attached hydrogens (tertiary/aromatic N) is 1. The molecule has 6 nitrogen and oxygen atoms in total. The molecule has 0 aliphatic carbocycles. The third-order valence-corrected chi connectivity index (χ3v) is 5.07. The van der Waals surface area contributed by atoms with Crippen molar-refractivity contribution >= 4 is 17.4 Å². The number of aliphatic hydroxyl groups excluding tert-OH is 1. The summed E-state index contributed by atoms with van der Waals surface area (Å²) in [5.41, 5.74) is 0.804. The fourth-order valence-electron chi connectivity index (χ4n) is 3.64. The van der Waals surface area contributed by atoms with Gasteiger partial charge in [0.05, 0.1) is 31.0 Å². The summed E-state index contributed by atoms with van der Waals surface area (Å²) in [6, 6.07) is 14.5. The Bertz CT molecular complexity index is 1120. The minimum atomic E-state index is -0.891. The molecular formula is C24H20FNO5. The summed E-state index contributed by atoms with van der Waals surface area (Å²) >= 11 is 0. The van der Waals surface area contributed by atoms with Crippen molar-refractivity contribution in [1.82, 2.24) is 4.90 Å². The summed E-state index contributed by atoms with van der Waals surface area (Å²) in [6.45, 7) is 2.38. The van der Waals surface area contributed by atoms with Gasteiger partial charge >= 0.3 is 0 Å². The van der Waals surface area contributed by atoms with E-state index in [-0.39, 0.29) is 17.9 Å². The number of rotatable bonds is 6. The first kappa shape index (κ1) is 20.4. The Kier molecular flexibility index (Phi) is 5.58. The SMILES string of the molecule is CCOc1ccc(C(O)=C2C(=O)C(=O)N(Cc3ccco3)C2c2ccc(F)cc2)cc1. The predicted molar refractivity (Wildman–Crippen MR) is 111 cm³/mol. The summed E-state index contributed by atoms with van der Waals surface area (Å²) in [7, 11) is 0. The van der Waals surface area contributed by atoms with Gasteiger partial charge in [-0.15, -0.1) is 0 Å². The minimum absolute atomic E-state index is 0.0275. The van der Waals surface area contributed by atoms with Gasteiger partial charge in [0.15, 0.2) is 0 Å². The van der Waals surface area contributed by atoms with Crippen LogP contribution in [0, 0.1) is 5.82 Å². The smallest absolute Gasteiger partial charge is 0.296 e. The first-order valence-corrected chi connectivity index (χ1v) is 9.79. The van der Waals surface area contributed by atoms with Crippen LogP contribution in [0.1, 0.15) is 29.9 Å². The largest absolute Gasteiger partial charge is 0.507 e. The normalized spacial score (nSPS) is 17.9. The molecule has 1 aromatic heterocycles. The van der Waals surface area contributed by atoms with Gasteiger partial charge in [-0.3, -0.25) is 9.59 Å². The highest BCUT2D eigenvalue weighted by molar-refractivity contribution is 6.46. The number of likely N-dealkylation sites (tertiary alicyclic amines) is 1. The first-order valence-electron chi connectivity index (χ1n) is 9.79. The van der Waals surface area contributed by atoms with Crippen LogP contribution in [-0.4, -0.2) is 28.3 Å². The number of hydrogen-bond donors (Lipinski definition) is 1. The molecule has 1 saturated heterocycles. The number of ether oxygens (including phenoxy) is 1. The fraction of sp³-hybridized carbons (Fsp3) is 0.167. The molecular weight excluding hydrogens is 401 g/mol. The quantitative estimate of drug-likeness (QED) is 0.362. The van der Waals surface area contributed by atoms with Gasteiger partial charge in [-0.25, -0.2) is 4.39 Å². The third-order valence-electron chi connectivity index (χ3n) is 5.07. The van der Waals surface area contributed by atoms with E-state index in [4.69, 9.17) is 9.15 Å². The van der Waals surface area contributed by atoms with Crippen molar-refractivity contribution in [3.05, 3.63) is 95.2 Å². The van der Waals surface area contributed by atoms with E-state index < -0.39 is 23.5 Å². The van der Waals surface area contributed by atoms with Crippen LogP contribution in [0.4, 0.5) is 4.39 Å². The van der Waals surface area contributed by atoms with Crippen LogP contribution in [0.25, 0.3) is 5.76 Å². The lowest BCUT2D eigenvalue weighted by Crippen LogP contribution is -2.29. The lowest BCUT2D eigenvalue weighted by molar-refractivity contribution is -0.140. The van der Waals surface area contributed by atoms with E-state index in [1.165, 1.54) is 35.4 Å². The van der Waals surface area contributed by atoms with Gasteiger partial charge in [-0.2, -0.15) is 0 Å². The Labute approximate surface area is 178 Å². The van der Waals surface area contributed by atoms with Crippen molar-refractivity contribution in [2.45, 2.75) is 19.5 Å². The number of hydrogen-bond acceptors (Lipinski definition) is 5. The molecule has 1 fully saturated rings. The zero-order valence-electron chi connectivity index (χ0n) is 16.7. The Balaban J connectivity index is 1.81. The van der Waals surface area contributed by atoms with E-state index in [2.05, 4.69) is 0 Å². The fourth-order valence-corrected chi connectivity index (χ4v) is 3.64. The van der Waals surface area contributed by atoms with Crippen molar-refractivity contribution in [2.75, 3.05) is 6.61 Å². The topological polar surface area (TPSA) is 80.0 Å². The van der Waals surface area contributed by atoms with Gasteiger partial charge < -0.3 is 19.2 Å². The Hall–Kier alpha value is -3.87. The molecule has 1 amide bonds. The maximum absolute atomic E-state index is 13.5. The first-order chi connectivity index (χ1) is 15.0.